The van der Waals surface area contributed by atoms with Crippen LogP contribution < -0.4 is 5.32 Å². The summed E-state index contributed by atoms with van der Waals surface area (Å²) in [6, 6.07) is 6.05. The molecule has 1 fully saturated rings. The summed E-state index contributed by atoms with van der Waals surface area (Å²) in [7, 11) is 0. The highest BCUT2D eigenvalue weighted by atomic mass is 16.5. The molecule has 1 aromatic rings. The van der Waals surface area contributed by atoms with Crippen LogP contribution in [0.2, 0.25) is 0 Å². The Labute approximate surface area is 90.9 Å². The molecular formula is C12H18N2O. The quantitative estimate of drug-likeness (QED) is 0.816. The molecule has 1 aliphatic rings. The number of nitrogens with zero attached hydrogens (tertiary/aromatic N) is 1. The molecule has 1 atom stereocenters. The van der Waals surface area contributed by atoms with Gasteiger partial charge in [-0.1, -0.05) is 6.07 Å². The fraction of sp³-hybridized carbons (Fsp3) is 0.583. The van der Waals surface area contributed by atoms with Crippen LogP contribution in [-0.4, -0.2) is 24.2 Å². The Morgan fingerprint density at radius 2 is 2.47 bits per heavy atom. The van der Waals surface area contributed by atoms with E-state index in [1.807, 2.05) is 25.1 Å². The van der Waals surface area contributed by atoms with Crippen LogP contribution in [0.4, 0.5) is 0 Å². The summed E-state index contributed by atoms with van der Waals surface area (Å²) in [6.45, 7) is 4.74. The molecule has 0 spiro atoms. The van der Waals surface area contributed by atoms with Crippen LogP contribution in [0.25, 0.3) is 0 Å². The number of ether oxygens (including phenoxy) is 1. The van der Waals surface area contributed by atoms with E-state index >= 15 is 0 Å². The van der Waals surface area contributed by atoms with Gasteiger partial charge in [-0.05, 0) is 38.4 Å². The first-order valence-corrected chi connectivity index (χ1v) is 5.59. The van der Waals surface area contributed by atoms with Crippen LogP contribution in [0.15, 0.2) is 18.2 Å². The van der Waals surface area contributed by atoms with Gasteiger partial charge in [0.1, 0.15) is 0 Å². The summed E-state index contributed by atoms with van der Waals surface area (Å²) < 4.78 is 5.80. The second-order valence-electron chi connectivity index (χ2n) is 4.05. The third-order valence-electron chi connectivity index (χ3n) is 2.66. The SMILES string of the molecule is Cc1cccc(CO[C@H]2CCCNC2)n1. The second-order valence-corrected chi connectivity index (χ2v) is 4.05. The lowest BCUT2D eigenvalue weighted by Gasteiger charge is -2.22. The van der Waals surface area contributed by atoms with E-state index in [9.17, 15) is 0 Å². The third kappa shape index (κ3) is 3.29. The normalized spacial score (nSPS) is 21.5. The standard InChI is InChI=1S/C12H18N2O/c1-10-4-2-5-11(14-10)9-15-12-6-3-7-13-8-12/h2,4-5,12-13H,3,6-9H2,1H3/t12-/m0/s1. The van der Waals surface area contributed by atoms with Crippen LogP contribution >= 0.6 is 0 Å². The first kappa shape index (κ1) is 10.6. The Balaban J connectivity index is 1.81. The molecule has 3 heteroatoms. The maximum Gasteiger partial charge on any atom is 0.0892 e. The lowest BCUT2D eigenvalue weighted by molar-refractivity contribution is 0.0236. The van der Waals surface area contributed by atoms with Crippen LogP contribution in [0.3, 0.4) is 0 Å². The monoisotopic (exact) mass is 206 g/mol. The predicted octanol–water partition coefficient (Wildman–Crippen LogP) is 1.66. The third-order valence-corrected chi connectivity index (χ3v) is 2.66. The van der Waals surface area contributed by atoms with Crippen LogP contribution in [0, 0.1) is 6.92 Å². The molecule has 2 heterocycles. The average molecular weight is 206 g/mol. The van der Waals surface area contributed by atoms with Crippen LogP contribution in [-0.2, 0) is 11.3 Å². The summed E-state index contributed by atoms with van der Waals surface area (Å²) in [5, 5.41) is 3.34. The van der Waals surface area contributed by atoms with E-state index in [2.05, 4.69) is 10.3 Å². The second kappa shape index (κ2) is 5.24. The van der Waals surface area contributed by atoms with Crippen molar-refractivity contribution >= 4 is 0 Å². The van der Waals surface area contributed by atoms with Crippen molar-refractivity contribution in [2.24, 2.45) is 0 Å². The van der Waals surface area contributed by atoms with Crippen molar-refractivity contribution in [2.75, 3.05) is 13.1 Å². The molecule has 2 rings (SSSR count). The molecule has 1 saturated heterocycles. The topological polar surface area (TPSA) is 34.1 Å². The highest BCUT2D eigenvalue weighted by Crippen LogP contribution is 2.09. The Kier molecular flexibility index (Phi) is 3.69. The van der Waals surface area contributed by atoms with Crippen LogP contribution in [0.1, 0.15) is 24.2 Å². The van der Waals surface area contributed by atoms with Gasteiger partial charge in [-0.25, -0.2) is 0 Å². The first-order valence-electron chi connectivity index (χ1n) is 5.59. The van der Waals surface area contributed by atoms with E-state index in [1.165, 1.54) is 12.8 Å². The number of hydrogen-bond acceptors (Lipinski definition) is 3. The molecular weight excluding hydrogens is 188 g/mol. The highest BCUT2D eigenvalue weighted by molar-refractivity contribution is 5.08. The van der Waals surface area contributed by atoms with Gasteiger partial charge in [-0.2, -0.15) is 0 Å². The van der Waals surface area contributed by atoms with Crippen molar-refractivity contribution in [1.82, 2.24) is 10.3 Å². The molecule has 0 unspecified atom stereocenters. The zero-order chi connectivity index (χ0) is 10.5. The molecule has 0 bridgehead atoms. The van der Waals surface area contributed by atoms with Gasteiger partial charge in [0.15, 0.2) is 0 Å². The van der Waals surface area contributed by atoms with E-state index in [0.717, 1.165) is 24.5 Å². The van der Waals surface area contributed by atoms with Gasteiger partial charge in [0.25, 0.3) is 0 Å². The van der Waals surface area contributed by atoms with E-state index in [1.54, 1.807) is 0 Å². The number of piperidine rings is 1. The molecule has 1 aliphatic heterocycles. The minimum atomic E-state index is 0.362. The molecule has 82 valence electrons. The number of aromatic nitrogens is 1. The number of rotatable bonds is 3. The van der Waals surface area contributed by atoms with E-state index in [-0.39, 0.29) is 0 Å². The van der Waals surface area contributed by atoms with Crippen molar-refractivity contribution < 1.29 is 4.74 Å². The van der Waals surface area contributed by atoms with Crippen molar-refractivity contribution in [1.29, 1.82) is 0 Å². The van der Waals surface area contributed by atoms with Gasteiger partial charge in [-0.15, -0.1) is 0 Å². The lowest BCUT2D eigenvalue weighted by atomic mass is 10.1. The lowest BCUT2D eigenvalue weighted by Crippen LogP contribution is -2.35. The number of pyridine rings is 1. The summed E-state index contributed by atoms with van der Waals surface area (Å²) in [5.74, 6) is 0. The summed E-state index contributed by atoms with van der Waals surface area (Å²) >= 11 is 0. The van der Waals surface area contributed by atoms with Gasteiger partial charge in [0.05, 0.1) is 18.4 Å². The zero-order valence-electron chi connectivity index (χ0n) is 9.20. The minimum absolute atomic E-state index is 0.362. The molecule has 0 saturated carbocycles. The Morgan fingerprint density at radius 1 is 1.53 bits per heavy atom. The summed E-state index contributed by atoms with van der Waals surface area (Å²) in [6.07, 6.45) is 2.74. The zero-order valence-corrected chi connectivity index (χ0v) is 9.20. The van der Waals surface area contributed by atoms with E-state index in [0.29, 0.717) is 12.7 Å². The molecule has 1 N–H and O–H groups in total. The van der Waals surface area contributed by atoms with Crippen molar-refractivity contribution in [3.8, 4) is 0 Å². The molecule has 0 aliphatic carbocycles. The van der Waals surface area contributed by atoms with Gasteiger partial charge < -0.3 is 10.1 Å². The average Bonchev–Trinajstić information content (AvgIpc) is 2.28. The van der Waals surface area contributed by atoms with E-state index < -0.39 is 0 Å². The highest BCUT2D eigenvalue weighted by Gasteiger charge is 2.13. The van der Waals surface area contributed by atoms with Crippen LogP contribution in [0.5, 0.6) is 0 Å². The summed E-state index contributed by atoms with van der Waals surface area (Å²) in [4.78, 5) is 4.41. The smallest absolute Gasteiger partial charge is 0.0892 e. The largest absolute Gasteiger partial charge is 0.371 e. The molecule has 3 nitrogen and oxygen atoms in total. The minimum Gasteiger partial charge on any atom is -0.371 e. The Bertz CT molecular complexity index is 308. The van der Waals surface area contributed by atoms with Crippen molar-refractivity contribution in [2.45, 2.75) is 32.5 Å². The Hall–Kier alpha value is -0.930. The van der Waals surface area contributed by atoms with E-state index in [4.69, 9.17) is 4.74 Å². The van der Waals surface area contributed by atoms with Crippen molar-refractivity contribution in [3.05, 3.63) is 29.6 Å². The molecule has 15 heavy (non-hydrogen) atoms. The molecule has 0 aromatic carbocycles. The van der Waals surface area contributed by atoms with Crippen molar-refractivity contribution in [3.63, 3.8) is 0 Å². The Morgan fingerprint density at radius 3 is 3.20 bits per heavy atom. The number of hydrogen-bond donors (Lipinski definition) is 1. The van der Waals surface area contributed by atoms with Gasteiger partial charge in [0.2, 0.25) is 0 Å². The fourth-order valence-corrected chi connectivity index (χ4v) is 1.85. The molecule has 0 amide bonds. The first-order chi connectivity index (χ1) is 7.34. The predicted molar refractivity (Wildman–Crippen MR) is 59.7 cm³/mol. The fourth-order valence-electron chi connectivity index (χ4n) is 1.85. The summed E-state index contributed by atoms with van der Waals surface area (Å²) in [5.41, 5.74) is 2.08. The van der Waals surface area contributed by atoms with Gasteiger partial charge >= 0.3 is 0 Å². The number of aryl methyl sites for hydroxylation is 1. The van der Waals surface area contributed by atoms with Gasteiger partial charge in [0, 0.05) is 12.2 Å². The molecule has 0 radical (unpaired) electrons. The van der Waals surface area contributed by atoms with Gasteiger partial charge in [-0.3, -0.25) is 4.98 Å². The number of nitrogens with one attached hydrogen (secondary N) is 1. The maximum absolute atomic E-state index is 5.80. The maximum atomic E-state index is 5.80. The molecule has 1 aromatic heterocycles.